The maximum absolute atomic E-state index is 13.0. The Morgan fingerprint density at radius 2 is 1.74 bits per heavy atom. The Balaban J connectivity index is 1.40. The summed E-state index contributed by atoms with van der Waals surface area (Å²) in [5, 5.41) is 5.80. The van der Waals surface area contributed by atoms with E-state index in [9.17, 15) is 9.59 Å². The summed E-state index contributed by atoms with van der Waals surface area (Å²) in [6.45, 7) is 8.94. The smallest absolute Gasteiger partial charge is 0.410 e. The third kappa shape index (κ3) is 5.83. The Labute approximate surface area is 205 Å². The lowest BCUT2D eigenvalue weighted by molar-refractivity contribution is 0.0204. The Hall–Kier alpha value is -3.19. The molecule has 0 atom stereocenters. The second-order valence-electron chi connectivity index (χ2n) is 9.68. The van der Waals surface area contributed by atoms with E-state index in [0.717, 1.165) is 34.7 Å². The molecule has 1 fully saturated rings. The predicted octanol–water partition coefficient (Wildman–Crippen LogP) is 6.49. The van der Waals surface area contributed by atoms with E-state index >= 15 is 0 Å². The highest BCUT2D eigenvalue weighted by molar-refractivity contribution is 7.10. The summed E-state index contributed by atoms with van der Waals surface area (Å²) < 4.78 is 5.48. The maximum Gasteiger partial charge on any atom is 0.410 e. The lowest BCUT2D eigenvalue weighted by atomic mass is 9.98. The molecule has 1 N–H and O–H groups in total. The lowest BCUT2D eigenvalue weighted by Crippen LogP contribution is -2.41. The second-order valence-corrected chi connectivity index (χ2v) is 10.6. The Morgan fingerprint density at radius 3 is 2.41 bits per heavy atom. The summed E-state index contributed by atoms with van der Waals surface area (Å²) in [4.78, 5) is 31.7. The van der Waals surface area contributed by atoms with Crippen LogP contribution in [0.4, 0.5) is 10.5 Å². The fraction of sp³-hybridized carbons (Fsp3) is 0.370. The number of ether oxygens (including phenoxy) is 1. The Kier molecular flexibility index (Phi) is 7.03. The number of carbonyl (C=O) groups excluding carboxylic acids is 2. The summed E-state index contributed by atoms with van der Waals surface area (Å²) in [7, 11) is 0. The van der Waals surface area contributed by atoms with Crippen molar-refractivity contribution in [2.75, 3.05) is 18.4 Å². The summed E-state index contributed by atoms with van der Waals surface area (Å²) in [6, 6.07) is 16.0. The van der Waals surface area contributed by atoms with Crippen molar-refractivity contribution in [1.82, 2.24) is 9.88 Å². The Bertz CT molecular complexity index is 1160. The zero-order valence-electron chi connectivity index (χ0n) is 20.1. The summed E-state index contributed by atoms with van der Waals surface area (Å²) >= 11 is 1.51. The van der Waals surface area contributed by atoms with E-state index in [4.69, 9.17) is 4.74 Å². The molecule has 1 aliphatic rings. The zero-order valence-corrected chi connectivity index (χ0v) is 20.9. The fourth-order valence-corrected chi connectivity index (χ4v) is 4.95. The Morgan fingerprint density at radius 1 is 1.06 bits per heavy atom. The number of nitrogens with one attached hydrogen (secondary N) is 1. The number of anilines is 1. The molecule has 4 rings (SSSR count). The van der Waals surface area contributed by atoms with Gasteiger partial charge in [-0.3, -0.25) is 4.79 Å². The van der Waals surface area contributed by atoms with Crippen molar-refractivity contribution in [1.29, 1.82) is 0 Å². The SMILES string of the molecule is Cc1ccc(-c2ccccc2NC(=O)c2csc(C3CCN(C(=O)OC(C)(C)C)CC3)n2)cc1. The van der Waals surface area contributed by atoms with E-state index < -0.39 is 5.60 Å². The minimum absolute atomic E-state index is 0.215. The number of amides is 2. The van der Waals surface area contributed by atoms with Crippen LogP contribution in [0.1, 0.15) is 60.6 Å². The van der Waals surface area contributed by atoms with Crippen LogP contribution >= 0.6 is 11.3 Å². The van der Waals surface area contributed by atoms with Gasteiger partial charge in [-0.1, -0.05) is 48.0 Å². The van der Waals surface area contributed by atoms with Crippen LogP contribution in [-0.4, -0.2) is 40.6 Å². The van der Waals surface area contributed by atoms with Crippen LogP contribution in [0, 0.1) is 6.92 Å². The highest BCUT2D eigenvalue weighted by atomic mass is 32.1. The topological polar surface area (TPSA) is 71.5 Å². The van der Waals surface area contributed by atoms with Gasteiger partial charge in [0.05, 0.1) is 5.01 Å². The second kappa shape index (κ2) is 9.97. The van der Waals surface area contributed by atoms with E-state index in [0.29, 0.717) is 18.8 Å². The molecule has 3 aromatic rings. The van der Waals surface area contributed by atoms with Crippen molar-refractivity contribution in [3.63, 3.8) is 0 Å². The van der Waals surface area contributed by atoms with Gasteiger partial charge in [0.15, 0.2) is 0 Å². The molecular weight excluding hydrogens is 446 g/mol. The van der Waals surface area contributed by atoms with Crippen LogP contribution in [0.2, 0.25) is 0 Å². The number of likely N-dealkylation sites (tertiary alicyclic amines) is 1. The molecule has 0 bridgehead atoms. The van der Waals surface area contributed by atoms with Crippen LogP contribution < -0.4 is 5.32 Å². The molecule has 7 heteroatoms. The van der Waals surface area contributed by atoms with Gasteiger partial charge in [-0.15, -0.1) is 11.3 Å². The number of nitrogens with zero attached hydrogens (tertiary/aromatic N) is 2. The first-order chi connectivity index (χ1) is 16.2. The van der Waals surface area contributed by atoms with Gasteiger partial charge in [-0.25, -0.2) is 9.78 Å². The van der Waals surface area contributed by atoms with Crippen LogP contribution in [0.25, 0.3) is 11.1 Å². The monoisotopic (exact) mass is 477 g/mol. The number of piperidine rings is 1. The molecular formula is C27H31N3O3S. The first-order valence-electron chi connectivity index (χ1n) is 11.6. The summed E-state index contributed by atoms with van der Waals surface area (Å²) in [5.74, 6) is 0.0262. The summed E-state index contributed by atoms with van der Waals surface area (Å²) in [5.41, 5.74) is 3.91. The number of aryl methyl sites for hydroxylation is 1. The van der Waals surface area contributed by atoms with E-state index in [-0.39, 0.29) is 17.9 Å². The van der Waals surface area contributed by atoms with Gasteiger partial charge in [0.1, 0.15) is 11.3 Å². The normalized spacial score (nSPS) is 14.6. The van der Waals surface area contributed by atoms with Crippen molar-refractivity contribution in [2.24, 2.45) is 0 Å². The molecule has 2 aromatic carbocycles. The van der Waals surface area contributed by atoms with Crippen LogP contribution in [0.3, 0.4) is 0 Å². The van der Waals surface area contributed by atoms with Crippen molar-refractivity contribution in [3.8, 4) is 11.1 Å². The largest absolute Gasteiger partial charge is 0.444 e. The number of carbonyl (C=O) groups is 2. The van der Waals surface area contributed by atoms with Gasteiger partial charge in [0.25, 0.3) is 5.91 Å². The first-order valence-corrected chi connectivity index (χ1v) is 12.5. The molecule has 178 valence electrons. The van der Waals surface area contributed by atoms with E-state index in [1.165, 1.54) is 16.9 Å². The molecule has 2 heterocycles. The number of benzene rings is 2. The van der Waals surface area contributed by atoms with Crippen LogP contribution in [-0.2, 0) is 4.74 Å². The third-order valence-electron chi connectivity index (χ3n) is 5.79. The molecule has 0 radical (unpaired) electrons. The van der Waals surface area contributed by atoms with Gasteiger partial charge < -0.3 is 15.0 Å². The van der Waals surface area contributed by atoms with Crippen molar-refractivity contribution < 1.29 is 14.3 Å². The molecule has 1 saturated heterocycles. The first kappa shape index (κ1) is 24.0. The lowest BCUT2D eigenvalue weighted by Gasteiger charge is -2.32. The van der Waals surface area contributed by atoms with Gasteiger partial charge in [-0.2, -0.15) is 0 Å². The number of hydrogen-bond acceptors (Lipinski definition) is 5. The maximum atomic E-state index is 13.0. The van der Waals surface area contributed by atoms with E-state index in [1.807, 2.05) is 50.4 Å². The average Bonchev–Trinajstić information content (AvgIpc) is 3.30. The highest BCUT2D eigenvalue weighted by Gasteiger charge is 2.29. The molecule has 34 heavy (non-hydrogen) atoms. The van der Waals surface area contributed by atoms with Crippen molar-refractivity contribution in [3.05, 3.63) is 70.2 Å². The van der Waals surface area contributed by atoms with Crippen LogP contribution in [0.15, 0.2) is 53.9 Å². The highest BCUT2D eigenvalue weighted by Crippen LogP contribution is 2.32. The number of para-hydroxylation sites is 1. The van der Waals surface area contributed by atoms with E-state index in [1.54, 1.807) is 4.90 Å². The van der Waals surface area contributed by atoms with Gasteiger partial charge >= 0.3 is 6.09 Å². The van der Waals surface area contributed by atoms with Gasteiger partial charge in [-0.05, 0) is 52.2 Å². The van der Waals surface area contributed by atoms with Crippen LogP contribution in [0.5, 0.6) is 0 Å². The molecule has 0 unspecified atom stereocenters. The third-order valence-corrected chi connectivity index (χ3v) is 6.80. The van der Waals surface area contributed by atoms with Gasteiger partial charge in [0.2, 0.25) is 0 Å². The molecule has 0 saturated carbocycles. The number of hydrogen-bond donors (Lipinski definition) is 1. The average molecular weight is 478 g/mol. The zero-order chi connectivity index (χ0) is 24.3. The standard InChI is InChI=1S/C27H31N3O3S/c1-18-9-11-19(12-10-18)21-7-5-6-8-22(21)28-24(31)23-17-34-25(29-23)20-13-15-30(16-14-20)26(32)33-27(2,3)4/h5-12,17,20H,13-16H2,1-4H3,(H,28,31). The molecule has 1 aromatic heterocycles. The fourth-order valence-electron chi connectivity index (χ4n) is 3.98. The number of rotatable bonds is 4. The number of thiazole rings is 1. The van der Waals surface area contributed by atoms with Crippen molar-refractivity contribution >= 4 is 29.0 Å². The number of aromatic nitrogens is 1. The summed E-state index contributed by atoms with van der Waals surface area (Å²) in [6.07, 6.45) is 1.35. The molecule has 0 aliphatic carbocycles. The van der Waals surface area contributed by atoms with Gasteiger partial charge in [0, 0.05) is 35.6 Å². The molecule has 0 spiro atoms. The van der Waals surface area contributed by atoms with Crippen molar-refractivity contribution in [2.45, 2.75) is 52.1 Å². The molecule has 6 nitrogen and oxygen atoms in total. The quantitative estimate of drug-likeness (QED) is 0.466. The minimum atomic E-state index is -0.496. The molecule has 2 amide bonds. The van der Waals surface area contributed by atoms with E-state index in [2.05, 4.69) is 41.5 Å². The molecule has 1 aliphatic heterocycles. The predicted molar refractivity (Wildman–Crippen MR) is 136 cm³/mol. The minimum Gasteiger partial charge on any atom is -0.444 e.